The van der Waals surface area contributed by atoms with Crippen LogP contribution in [0, 0.1) is 0 Å². The van der Waals surface area contributed by atoms with E-state index in [1.54, 1.807) is 14.2 Å². The molecule has 0 aliphatic carbocycles. The summed E-state index contributed by atoms with van der Waals surface area (Å²) in [5.74, 6) is 0. The Bertz CT molecular complexity index is 345. The summed E-state index contributed by atoms with van der Waals surface area (Å²) < 4.78 is 10.3. The molecule has 1 N–H and O–H groups in total. The average Bonchev–Trinajstić information content (AvgIpc) is 2.50. The summed E-state index contributed by atoms with van der Waals surface area (Å²) in [6.45, 7) is 5.22. The minimum Gasteiger partial charge on any atom is -0.383 e. The molecule has 0 aliphatic rings. The van der Waals surface area contributed by atoms with Gasteiger partial charge in [0, 0.05) is 33.4 Å². The van der Waals surface area contributed by atoms with E-state index in [2.05, 4.69) is 34.3 Å². The molecule has 0 bridgehead atoms. The summed E-state index contributed by atoms with van der Waals surface area (Å²) in [5, 5.41) is 3.27. The molecule has 1 aromatic heterocycles. The van der Waals surface area contributed by atoms with Crippen molar-refractivity contribution in [2.24, 2.45) is 0 Å². The van der Waals surface area contributed by atoms with Gasteiger partial charge in [0.1, 0.15) is 0 Å². The lowest BCUT2D eigenvalue weighted by Gasteiger charge is -2.24. The van der Waals surface area contributed by atoms with E-state index in [1.807, 2.05) is 13.2 Å². The van der Waals surface area contributed by atoms with Gasteiger partial charge in [0.15, 0.2) is 0 Å². The molecule has 5 heteroatoms. The van der Waals surface area contributed by atoms with E-state index in [0.29, 0.717) is 19.3 Å². The third kappa shape index (κ3) is 5.07. The Morgan fingerprint density at radius 2 is 1.85 bits per heavy atom. The molecule has 1 aromatic rings. The second-order valence-corrected chi connectivity index (χ2v) is 4.66. The fourth-order valence-corrected chi connectivity index (χ4v) is 2.12. The molecule has 0 fully saturated rings. The monoisotopic (exact) mass is 281 g/mol. The highest BCUT2D eigenvalue weighted by Gasteiger charge is 2.10. The Morgan fingerprint density at radius 1 is 1.20 bits per heavy atom. The number of nitrogens with one attached hydrogen (secondary N) is 1. The second-order valence-electron chi connectivity index (χ2n) is 4.66. The Labute approximate surface area is 122 Å². The lowest BCUT2D eigenvalue weighted by molar-refractivity contribution is 0.190. The van der Waals surface area contributed by atoms with Gasteiger partial charge >= 0.3 is 0 Å². The standard InChI is InChI=1S/C15H27N3O2/c1-5-14(16-2)15-7-6-13(12-17-15)18(8-10-19-3)9-11-20-4/h6-7,12,14,16H,5,8-11H2,1-4H3. The first-order chi connectivity index (χ1) is 9.76. The molecule has 0 radical (unpaired) electrons. The van der Waals surface area contributed by atoms with E-state index < -0.39 is 0 Å². The minimum absolute atomic E-state index is 0.315. The molecule has 5 nitrogen and oxygen atoms in total. The Balaban J connectivity index is 2.75. The number of hydrogen-bond donors (Lipinski definition) is 1. The van der Waals surface area contributed by atoms with Crippen LogP contribution < -0.4 is 10.2 Å². The lowest BCUT2D eigenvalue weighted by Crippen LogP contribution is -2.30. The SMILES string of the molecule is CCC(NC)c1ccc(N(CCOC)CCOC)cn1. The molecule has 1 atom stereocenters. The van der Waals surface area contributed by atoms with E-state index in [0.717, 1.165) is 30.9 Å². The summed E-state index contributed by atoms with van der Waals surface area (Å²) in [4.78, 5) is 6.80. The van der Waals surface area contributed by atoms with E-state index in [9.17, 15) is 0 Å². The van der Waals surface area contributed by atoms with Crippen LogP contribution in [0.1, 0.15) is 25.1 Å². The molecule has 1 heterocycles. The van der Waals surface area contributed by atoms with Crippen LogP contribution in [-0.4, -0.2) is 52.6 Å². The largest absolute Gasteiger partial charge is 0.383 e. The van der Waals surface area contributed by atoms with Crippen molar-refractivity contribution in [3.63, 3.8) is 0 Å². The highest BCUT2D eigenvalue weighted by atomic mass is 16.5. The van der Waals surface area contributed by atoms with Gasteiger partial charge in [-0.2, -0.15) is 0 Å². The average molecular weight is 281 g/mol. The Hall–Kier alpha value is -1.17. The van der Waals surface area contributed by atoms with Crippen LogP contribution in [0.5, 0.6) is 0 Å². The number of aromatic nitrogens is 1. The van der Waals surface area contributed by atoms with Crippen molar-refractivity contribution in [2.75, 3.05) is 52.5 Å². The third-order valence-corrected chi connectivity index (χ3v) is 3.38. The van der Waals surface area contributed by atoms with Crippen molar-refractivity contribution in [1.29, 1.82) is 0 Å². The first kappa shape index (κ1) is 16.9. The zero-order chi connectivity index (χ0) is 14.8. The molecular weight excluding hydrogens is 254 g/mol. The van der Waals surface area contributed by atoms with Crippen LogP contribution >= 0.6 is 0 Å². The molecule has 0 spiro atoms. The van der Waals surface area contributed by atoms with Crippen molar-refractivity contribution >= 4 is 5.69 Å². The maximum absolute atomic E-state index is 5.16. The number of anilines is 1. The number of hydrogen-bond acceptors (Lipinski definition) is 5. The maximum Gasteiger partial charge on any atom is 0.0637 e. The van der Waals surface area contributed by atoms with Crippen LogP contribution in [0.4, 0.5) is 5.69 Å². The van der Waals surface area contributed by atoms with Gasteiger partial charge in [-0.15, -0.1) is 0 Å². The minimum atomic E-state index is 0.315. The summed E-state index contributed by atoms with van der Waals surface area (Å²) in [6.07, 6.45) is 2.96. The van der Waals surface area contributed by atoms with Crippen LogP contribution in [0.2, 0.25) is 0 Å². The summed E-state index contributed by atoms with van der Waals surface area (Å²) in [6, 6.07) is 4.52. The zero-order valence-corrected chi connectivity index (χ0v) is 13.1. The zero-order valence-electron chi connectivity index (χ0n) is 13.1. The normalized spacial score (nSPS) is 12.4. The molecule has 0 aromatic carbocycles. The number of pyridine rings is 1. The van der Waals surface area contributed by atoms with Gasteiger partial charge in [0.05, 0.1) is 30.8 Å². The van der Waals surface area contributed by atoms with Gasteiger partial charge in [-0.3, -0.25) is 4.98 Å². The molecule has 1 unspecified atom stereocenters. The van der Waals surface area contributed by atoms with Crippen LogP contribution in [-0.2, 0) is 9.47 Å². The van der Waals surface area contributed by atoms with Gasteiger partial charge < -0.3 is 19.7 Å². The smallest absolute Gasteiger partial charge is 0.0637 e. The molecule has 0 aliphatic heterocycles. The number of methoxy groups -OCH3 is 2. The quantitative estimate of drug-likeness (QED) is 0.709. The van der Waals surface area contributed by atoms with Gasteiger partial charge in [0.2, 0.25) is 0 Å². The molecule has 0 saturated heterocycles. The molecule has 0 amide bonds. The van der Waals surface area contributed by atoms with Crippen LogP contribution in [0.3, 0.4) is 0 Å². The fraction of sp³-hybridized carbons (Fsp3) is 0.667. The van der Waals surface area contributed by atoms with E-state index in [-0.39, 0.29) is 0 Å². The number of rotatable bonds is 10. The van der Waals surface area contributed by atoms with Gasteiger partial charge in [0.25, 0.3) is 0 Å². The van der Waals surface area contributed by atoms with E-state index in [4.69, 9.17) is 9.47 Å². The molecule has 114 valence electrons. The summed E-state index contributed by atoms with van der Waals surface area (Å²) in [7, 11) is 5.40. The van der Waals surface area contributed by atoms with Crippen molar-refractivity contribution in [1.82, 2.24) is 10.3 Å². The van der Waals surface area contributed by atoms with Crippen molar-refractivity contribution in [2.45, 2.75) is 19.4 Å². The summed E-state index contributed by atoms with van der Waals surface area (Å²) >= 11 is 0. The van der Waals surface area contributed by atoms with Crippen molar-refractivity contribution in [3.8, 4) is 0 Å². The van der Waals surface area contributed by atoms with Crippen molar-refractivity contribution in [3.05, 3.63) is 24.0 Å². The first-order valence-electron chi connectivity index (χ1n) is 7.12. The van der Waals surface area contributed by atoms with Gasteiger partial charge in [-0.1, -0.05) is 6.92 Å². The molecular formula is C15H27N3O2. The highest BCUT2D eigenvalue weighted by Crippen LogP contribution is 2.18. The molecule has 20 heavy (non-hydrogen) atoms. The number of nitrogens with zero attached hydrogens (tertiary/aromatic N) is 2. The predicted molar refractivity (Wildman–Crippen MR) is 82.3 cm³/mol. The lowest BCUT2D eigenvalue weighted by atomic mass is 10.1. The van der Waals surface area contributed by atoms with Gasteiger partial charge in [-0.25, -0.2) is 0 Å². The van der Waals surface area contributed by atoms with E-state index >= 15 is 0 Å². The van der Waals surface area contributed by atoms with Crippen molar-refractivity contribution < 1.29 is 9.47 Å². The Kier molecular flexibility index (Phi) is 8.18. The third-order valence-electron chi connectivity index (χ3n) is 3.38. The highest BCUT2D eigenvalue weighted by molar-refractivity contribution is 5.44. The summed E-state index contributed by atoms with van der Waals surface area (Å²) in [5.41, 5.74) is 2.19. The van der Waals surface area contributed by atoms with Crippen LogP contribution in [0.25, 0.3) is 0 Å². The topological polar surface area (TPSA) is 46.6 Å². The first-order valence-corrected chi connectivity index (χ1v) is 7.12. The van der Waals surface area contributed by atoms with Crippen LogP contribution in [0.15, 0.2) is 18.3 Å². The molecule has 0 saturated carbocycles. The predicted octanol–water partition coefficient (Wildman–Crippen LogP) is 1.85. The number of ether oxygens (including phenoxy) is 2. The second kappa shape index (κ2) is 9.69. The van der Waals surface area contributed by atoms with E-state index in [1.165, 1.54) is 0 Å². The fourth-order valence-electron chi connectivity index (χ4n) is 2.12. The Morgan fingerprint density at radius 3 is 2.25 bits per heavy atom. The molecule has 1 rings (SSSR count). The maximum atomic E-state index is 5.16. The van der Waals surface area contributed by atoms with Gasteiger partial charge in [-0.05, 0) is 25.6 Å².